The van der Waals surface area contributed by atoms with Crippen molar-refractivity contribution in [2.45, 2.75) is 12.6 Å². The predicted octanol–water partition coefficient (Wildman–Crippen LogP) is 2.89. The van der Waals surface area contributed by atoms with Crippen molar-refractivity contribution in [2.24, 2.45) is 5.73 Å². The van der Waals surface area contributed by atoms with Crippen LogP contribution in [0.1, 0.15) is 26.6 Å². The topological polar surface area (TPSA) is 56.0 Å². The first-order valence-electron chi connectivity index (χ1n) is 5.79. The van der Waals surface area contributed by atoms with E-state index in [4.69, 9.17) is 5.73 Å². The van der Waals surface area contributed by atoms with Gasteiger partial charge in [-0.15, -0.1) is 11.3 Å². The highest BCUT2D eigenvalue weighted by Gasteiger charge is 2.35. The van der Waals surface area contributed by atoms with Crippen LogP contribution in [0.2, 0.25) is 0 Å². The highest BCUT2D eigenvalue weighted by Crippen LogP contribution is 2.32. The Kier molecular flexibility index (Phi) is 4.20. The SMILES string of the molecule is NCCc1nc(C(=O)c2ccccc2C(F)(F)F)cs1. The molecule has 0 spiro atoms. The van der Waals surface area contributed by atoms with Crippen molar-refractivity contribution >= 4 is 17.1 Å². The number of ketones is 1. The van der Waals surface area contributed by atoms with Crippen molar-refractivity contribution in [3.8, 4) is 0 Å². The average Bonchev–Trinajstić information content (AvgIpc) is 2.86. The molecule has 2 aromatic rings. The Balaban J connectivity index is 2.38. The van der Waals surface area contributed by atoms with Crippen LogP contribution in [-0.2, 0) is 12.6 Å². The number of nitrogens with zero attached hydrogens (tertiary/aromatic N) is 1. The van der Waals surface area contributed by atoms with Gasteiger partial charge in [-0.25, -0.2) is 4.98 Å². The maximum Gasteiger partial charge on any atom is 0.417 e. The first-order valence-corrected chi connectivity index (χ1v) is 6.67. The van der Waals surface area contributed by atoms with E-state index in [1.165, 1.54) is 28.8 Å². The number of benzene rings is 1. The zero-order valence-corrected chi connectivity index (χ0v) is 11.1. The lowest BCUT2D eigenvalue weighted by Crippen LogP contribution is -2.14. The molecule has 106 valence electrons. The molecule has 0 aliphatic heterocycles. The summed E-state index contributed by atoms with van der Waals surface area (Å²) in [6.07, 6.45) is -4.07. The number of aromatic nitrogens is 1. The normalized spacial score (nSPS) is 11.6. The van der Waals surface area contributed by atoms with E-state index < -0.39 is 17.5 Å². The molecule has 0 aliphatic carbocycles. The monoisotopic (exact) mass is 300 g/mol. The Morgan fingerprint density at radius 3 is 2.65 bits per heavy atom. The van der Waals surface area contributed by atoms with Crippen LogP contribution in [0.5, 0.6) is 0 Å². The standard InChI is InChI=1S/C13H11F3N2OS/c14-13(15,16)9-4-2-1-3-8(9)12(19)10-7-20-11(18-10)5-6-17/h1-4,7H,5-6,17H2. The lowest BCUT2D eigenvalue weighted by Gasteiger charge is -2.10. The van der Waals surface area contributed by atoms with Gasteiger partial charge >= 0.3 is 6.18 Å². The van der Waals surface area contributed by atoms with E-state index in [0.29, 0.717) is 18.0 Å². The molecule has 1 aromatic carbocycles. The molecule has 0 unspecified atom stereocenters. The minimum atomic E-state index is -4.57. The van der Waals surface area contributed by atoms with E-state index in [0.717, 1.165) is 12.1 Å². The summed E-state index contributed by atoms with van der Waals surface area (Å²) in [4.78, 5) is 16.2. The van der Waals surface area contributed by atoms with Crippen LogP contribution in [-0.4, -0.2) is 17.3 Å². The summed E-state index contributed by atoms with van der Waals surface area (Å²) in [5, 5.41) is 2.10. The summed E-state index contributed by atoms with van der Waals surface area (Å²) in [6.45, 7) is 0.375. The van der Waals surface area contributed by atoms with E-state index >= 15 is 0 Å². The summed E-state index contributed by atoms with van der Waals surface area (Å²) in [7, 11) is 0. The number of hydrogen-bond donors (Lipinski definition) is 1. The van der Waals surface area contributed by atoms with Crippen LogP contribution in [0, 0.1) is 0 Å². The molecule has 0 fully saturated rings. The average molecular weight is 300 g/mol. The van der Waals surface area contributed by atoms with E-state index in [1.807, 2.05) is 0 Å². The summed E-state index contributed by atoms with van der Waals surface area (Å²) in [6, 6.07) is 4.70. The second kappa shape index (κ2) is 5.72. The lowest BCUT2D eigenvalue weighted by molar-refractivity contribution is -0.137. The number of halogens is 3. The van der Waals surface area contributed by atoms with Crippen LogP contribution < -0.4 is 5.73 Å². The number of thiazole rings is 1. The number of nitrogens with two attached hydrogens (primary N) is 1. The van der Waals surface area contributed by atoms with E-state index in [9.17, 15) is 18.0 Å². The smallest absolute Gasteiger partial charge is 0.330 e. The van der Waals surface area contributed by atoms with Crippen molar-refractivity contribution < 1.29 is 18.0 Å². The van der Waals surface area contributed by atoms with Crippen LogP contribution in [0.4, 0.5) is 13.2 Å². The zero-order valence-electron chi connectivity index (χ0n) is 10.3. The number of rotatable bonds is 4. The molecule has 3 nitrogen and oxygen atoms in total. The van der Waals surface area contributed by atoms with Gasteiger partial charge in [-0.05, 0) is 12.6 Å². The van der Waals surface area contributed by atoms with E-state index in [2.05, 4.69) is 4.98 Å². The fraction of sp³-hybridized carbons (Fsp3) is 0.231. The van der Waals surface area contributed by atoms with Gasteiger partial charge in [0.1, 0.15) is 5.69 Å². The molecule has 0 saturated carbocycles. The molecule has 1 aromatic heterocycles. The van der Waals surface area contributed by atoms with Gasteiger partial charge in [-0.2, -0.15) is 13.2 Å². The molecular weight excluding hydrogens is 289 g/mol. The molecular formula is C13H11F3N2OS. The summed E-state index contributed by atoms with van der Waals surface area (Å²) < 4.78 is 38.6. The van der Waals surface area contributed by atoms with Crippen molar-refractivity contribution in [3.05, 3.63) is 51.5 Å². The van der Waals surface area contributed by atoms with Gasteiger partial charge in [0.05, 0.1) is 10.6 Å². The van der Waals surface area contributed by atoms with Crippen LogP contribution in [0.25, 0.3) is 0 Å². The molecule has 0 radical (unpaired) electrons. The minimum absolute atomic E-state index is 0.0233. The van der Waals surface area contributed by atoms with Crippen molar-refractivity contribution in [3.63, 3.8) is 0 Å². The van der Waals surface area contributed by atoms with Gasteiger partial charge in [0.15, 0.2) is 0 Å². The Labute approximate surface area is 117 Å². The fourth-order valence-corrected chi connectivity index (χ4v) is 2.51. The highest BCUT2D eigenvalue weighted by molar-refractivity contribution is 7.09. The number of hydrogen-bond acceptors (Lipinski definition) is 4. The third-order valence-electron chi connectivity index (χ3n) is 2.62. The minimum Gasteiger partial charge on any atom is -0.330 e. The maximum atomic E-state index is 12.9. The quantitative estimate of drug-likeness (QED) is 0.883. The molecule has 20 heavy (non-hydrogen) atoms. The molecule has 0 aliphatic rings. The van der Waals surface area contributed by atoms with Gasteiger partial charge < -0.3 is 5.73 Å². The number of alkyl halides is 3. The maximum absolute atomic E-state index is 12.9. The molecule has 2 N–H and O–H groups in total. The summed E-state index contributed by atoms with van der Waals surface area (Å²) in [5.74, 6) is -0.725. The Hall–Kier alpha value is -1.73. The number of carbonyl (C=O) groups is 1. The Bertz CT molecular complexity index is 622. The van der Waals surface area contributed by atoms with E-state index in [1.54, 1.807) is 0 Å². The molecule has 1 heterocycles. The van der Waals surface area contributed by atoms with Gasteiger partial charge in [0.25, 0.3) is 0 Å². The largest absolute Gasteiger partial charge is 0.417 e. The zero-order chi connectivity index (χ0) is 14.8. The first-order chi connectivity index (χ1) is 9.43. The molecule has 0 amide bonds. The van der Waals surface area contributed by atoms with Crippen LogP contribution >= 0.6 is 11.3 Å². The second-order valence-corrected chi connectivity index (χ2v) is 4.98. The molecule has 0 saturated heterocycles. The van der Waals surface area contributed by atoms with Crippen LogP contribution in [0.15, 0.2) is 29.6 Å². The second-order valence-electron chi connectivity index (χ2n) is 4.04. The summed E-state index contributed by atoms with van der Waals surface area (Å²) in [5.41, 5.74) is 4.06. The van der Waals surface area contributed by atoms with Gasteiger partial charge in [0, 0.05) is 17.4 Å². The fourth-order valence-electron chi connectivity index (χ4n) is 1.72. The third-order valence-corrected chi connectivity index (χ3v) is 3.53. The molecule has 0 atom stereocenters. The van der Waals surface area contributed by atoms with E-state index in [-0.39, 0.29) is 11.3 Å². The first kappa shape index (κ1) is 14.7. The Morgan fingerprint density at radius 2 is 2.00 bits per heavy atom. The molecule has 2 rings (SSSR count). The predicted molar refractivity (Wildman–Crippen MR) is 69.7 cm³/mol. The Morgan fingerprint density at radius 1 is 1.30 bits per heavy atom. The summed E-state index contributed by atoms with van der Waals surface area (Å²) >= 11 is 1.22. The van der Waals surface area contributed by atoms with Crippen molar-refractivity contribution in [2.75, 3.05) is 6.54 Å². The molecule has 0 bridgehead atoms. The van der Waals surface area contributed by atoms with Crippen LogP contribution in [0.3, 0.4) is 0 Å². The molecule has 7 heteroatoms. The van der Waals surface area contributed by atoms with Crippen molar-refractivity contribution in [1.29, 1.82) is 0 Å². The van der Waals surface area contributed by atoms with Gasteiger partial charge in [-0.3, -0.25) is 4.79 Å². The third kappa shape index (κ3) is 3.05. The number of carbonyl (C=O) groups excluding carboxylic acids is 1. The van der Waals surface area contributed by atoms with Crippen molar-refractivity contribution in [1.82, 2.24) is 4.98 Å². The lowest BCUT2D eigenvalue weighted by atomic mass is 10.0. The highest BCUT2D eigenvalue weighted by atomic mass is 32.1. The van der Waals surface area contributed by atoms with Gasteiger partial charge in [-0.1, -0.05) is 18.2 Å². The van der Waals surface area contributed by atoms with Gasteiger partial charge in [0.2, 0.25) is 5.78 Å².